The fourth-order valence-corrected chi connectivity index (χ4v) is 2.32. The lowest BCUT2D eigenvalue weighted by Gasteiger charge is -2.20. The lowest BCUT2D eigenvalue weighted by atomic mass is 9.86. The van der Waals surface area contributed by atoms with Gasteiger partial charge in [0.05, 0.1) is 0 Å². The second-order valence-corrected chi connectivity index (χ2v) is 5.82. The zero-order chi connectivity index (χ0) is 11.7. The molecule has 17 heavy (non-hydrogen) atoms. The third kappa shape index (κ3) is 13.9. The largest absolute Gasteiger partial charge is 0.0776 e. The maximum atomic E-state index is 2.38. The van der Waals surface area contributed by atoms with Crippen LogP contribution in [0.2, 0.25) is 0 Å². The van der Waals surface area contributed by atoms with Gasteiger partial charge in [0.2, 0.25) is 0 Å². The zero-order valence-electron chi connectivity index (χ0n) is 11.7. The third-order valence-corrected chi connectivity index (χ3v) is 3.46. The van der Waals surface area contributed by atoms with Gasteiger partial charge in [-0.1, -0.05) is 94.4 Å². The molecule has 0 saturated carbocycles. The predicted molar refractivity (Wildman–Crippen MR) is 84.6 cm³/mol. The molecule has 0 bridgehead atoms. The molecule has 0 heterocycles. The Morgan fingerprint density at radius 2 is 1.24 bits per heavy atom. The molecule has 0 N–H and O–H groups in total. The van der Waals surface area contributed by atoms with Crippen molar-refractivity contribution in [2.75, 3.05) is 0 Å². The summed E-state index contributed by atoms with van der Waals surface area (Å²) >= 11 is 0. The van der Waals surface area contributed by atoms with E-state index in [1.807, 2.05) is 0 Å². The maximum Gasteiger partial charge on any atom is -0.0391 e. The van der Waals surface area contributed by atoms with Crippen LogP contribution >= 0.6 is 0 Å². The van der Waals surface area contributed by atoms with E-state index in [4.69, 9.17) is 0 Å². The van der Waals surface area contributed by atoms with Gasteiger partial charge in [0.15, 0.2) is 0 Å². The average molecular weight is 245 g/mol. The van der Waals surface area contributed by atoms with Gasteiger partial charge in [0.25, 0.3) is 0 Å². The molecule has 0 aromatic rings. The summed E-state index contributed by atoms with van der Waals surface area (Å²) in [7, 11) is 0. The molecule has 1 atom stereocenters. The van der Waals surface area contributed by atoms with Crippen molar-refractivity contribution in [2.24, 2.45) is 17.8 Å². The second-order valence-electron chi connectivity index (χ2n) is 5.82. The number of hydrogen-bond acceptors (Lipinski definition) is 0. The molecule has 0 amide bonds. The molecule has 0 aliphatic carbocycles. The van der Waals surface area contributed by atoms with Crippen LogP contribution in [0.15, 0.2) is 0 Å². The SMILES string of the molecule is C.C.CCCC(CCCCCC(C)C)C(C)C. The Balaban J connectivity index is -0.000000980. The van der Waals surface area contributed by atoms with Gasteiger partial charge >= 0.3 is 0 Å². The molecule has 0 spiro atoms. The van der Waals surface area contributed by atoms with E-state index in [-0.39, 0.29) is 14.9 Å². The first-order valence-corrected chi connectivity index (χ1v) is 7.07. The normalized spacial score (nSPS) is 12.2. The van der Waals surface area contributed by atoms with Crippen molar-refractivity contribution in [1.29, 1.82) is 0 Å². The van der Waals surface area contributed by atoms with Gasteiger partial charge in [-0.3, -0.25) is 0 Å². The first-order chi connectivity index (χ1) is 7.07. The Bertz CT molecular complexity index is 124. The number of hydrogen-bond donors (Lipinski definition) is 0. The summed E-state index contributed by atoms with van der Waals surface area (Å²) in [5.41, 5.74) is 0. The van der Waals surface area contributed by atoms with Crippen molar-refractivity contribution in [3.63, 3.8) is 0 Å². The molecule has 0 aliphatic heterocycles. The second kappa shape index (κ2) is 14.1. The minimum atomic E-state index is 0. The molecule has 108 valence electrons. The minimum absolute atomic E-state index is 0. The Hall–Kier alpha value is 0. The number of unbranched alkanes of at least 4 members (excludes halogenated alkanes) is 2. The highest BCUT2D eigenvalue weighted by atomic mass is 14.2. The standard InChI is InChI=1S/C15H32.2CH4/c1-6-10-15(14(4)5)12-9-7-8-11-13(2)3;;/h13-15H,6-12H2,1-5H3;2*1H4. The van der Waals surface area contributed by atoms with Crippen LogP contribution in [-0.4, -0.2) is 0 Å². The van der Waals surface area contributed by atoms with Gasteiger partial charge in [-0.2, -0.15) is 0 Å². The molecular weight excluding hydrogens is 204 g/mol. The fourth-order valence-electron chi connectivity index (χ4n) is 2.32. The molecule has 1 unspecified atom stereocenters. The Morgan fingerprint density at radius 1 is 0.706 bits per heavy atom. The van der Waals surface area contributed by atoms with Gasteiger partial charge in [-0.05, 0) is 17.8 Å². The first kappa shape index (κ1) is 22.2. The average Bonchev–Trinajstić information content (AvgIpc) is 2.15. The summed E-state index contributed by atoms with van der Waals surface area (Å²) in [6.45, 7) is 11.7. The molecule has 0 fully saturated rings. The quantitative estimate of drug-likeness (QED) is 0.385. The van der Waals surface area contributed by atoms with Crippen LogP contribution in [0.3, 0.4) is 0 Å². The van der Waals surface area contributed by atoms with Crippen molar-refractivity contribution in [3.05, 3.63) is 0 Å². The van der Waals surface area contributed by atoms with E-state index in [1.165, 1.54) is 44.9 Å². The highest BCUT2D eigenvalue weighted by Crippen LogP contribution is 2.24. The summed E-state index contributed by atoms with van der Waals surface area (Å²) in [5.74, 6) is 2.76. The summed E-state index contributed by atoms with van der Waals surface area (Å²) < 4.78 is 0. The highest BCUT2D eigenvalue weighted by molar-refractivity contribution is 4.63. The molecule has 0 heteroatoms. The topological polar surface area (TPSA) is 0 Å². The van der Waals surface area contributed by atoms with E-state index in [0.717, 1.165) is 17.8 Å². The fraction of sp³-hybridized carbons (Fsp3) is 1.00. The van der Waals surface area contributed by atoms with Crippen molar-refractivity contribution >= 4 is 0 Å². The van der Waals surface area contributed by atoms with Crippen LogP contribution < -0.4 is 0 Å². The van der Waals surface area contributed by atoms with Gasteiger partial charge in [-0.15, -0.1) is 0 Å². The van der Waals surface area contributed by atoms with Crippen LogP contribution in [-0.2, 0) is 0 Å². The Morgan fingerprint density at radius 3 is 1.65 bits per heavy atom. The highest BCUT2D eigenvalue weighted by Gasteiger charge is 2.11. The van der Waals surface area contributed by atoms with E-state index in [9.17, 15) is 0 Å². The lowest BCUT2D eigenvalue weighted by molar-refractivity contribution is 0.320. The van der Waals surface area contributed by atoms with E-state index >= 15 is 0 Å². The predicted octanol–water partition coefficient (Wildman–Crippen LogP) is 6.94. The smallest absolute Gasteiger partial charge is 0.0391 e. The summed E-state index contributed by atoms with van der Waals surface area (Å²) in [5, 5.41) is 0. The van der Waals surface area contributed by atoms with E-state index in [0.29, 0.717) is 0 Å². The number of rotatable bonds is 9. The van der Waals surface area contributed by atoms with Crippen molar-refractivity contribution in [1.82, 2.24) is 0 Å². The van der Waals surface area contributed by atoms with Crippen molar-refractivity contribution < 1.29 is 0 Å². The molecule has 0 aromatic heterocycles. The van der Waals surface area contributed by atoms with Gasteiger partial charge < -0.3 is 0 Å². The van der Waals surface area contributed by atoms with Crippen LogP contribution in [0.25, 0.3) is 0 Å². The van der Waals surface area contributed by atoms with Gasteiger partial charge in [0.1, 0.15) is 0 Å². The van der Waals surface area contributed by atoms with E-state index in [2.05, 4.69) is 34.6 Å². The Labute approximate surface area is 113 Å². The summed E-state index contributed by atoms with van der Waals surface area (Å²) in [6, 6.07) is 0. The summed E-state index contributed by atoms with van der Waals surface area (Å²) in [6.07, 6.45) is 10.0. The van der Waals surface area contributed by atoms with Crippen LogP contribution in [0, 0.1) is 17.8 Å². The van der Waals surface area contributed by atoms with Crippen molar-refractivity contribution in [2.45, 2.75) is 94.4 Å². The molecular formula is C17H40. The van der Waals surface area contributed by atoms with Crippen molar-refractivity contribution in [3.8, 4) is 0 Å². The Kier molecular flexibility index (Phi) is 18.4. The monoisotopic (exact) mass is 244 g/mol. The van der Waals surface area contributed by atoms with E-state index < -0.39 is 0 Å². The molecule has 0 radical (unpaired) electrons. The van der Waals surface area contributed by atoms with E-state index in [1.54, 1.807) is 0 Å². The first-order valence-electron chi connectivity index (χ1n) is 7.07. The zero-order valence-corrected chi connectivity index (χ0v) is 11.7. The van der Waals surface area contributed by atoms with Crippen LogP contribution in [0.4, 0.5) is 0 Å². The van der Waals surface area contributed by atoms with Gasteiger partial charge in [-0.25, -0.2) is 0 Å². The lowest BCUT2D eigenvalue weighted by Crippen LogP contribution is -2.08. The molecule has 0 nitrogen and oxygen atoms in total. The maximum absolute atomic E-state index is 2.38. The molecule has 0 rings (SSSR count). The summed E-state index contributed by atoms with van der Waals surface area (Å²) in [4.78, 5) is 0. The molecule has 0 aromatic carbocycles. The molecule has 0 saturated heterocycles. The van der Waals surface area contributed by atoms with Crippen LogP contribution in [0.1, 0.15) is 94.4 Å². The van der Waals surface area contributed by atoms with Crippen LogP contribution in [0.5, 0.6) is 0 Å². The minimum Gasteiger partial charge on any atom is -0.0776 e. The third-order valence-electron chi connectivity index (χ3n) is 3.46. The van der Waals surface area contributed by atoms with Gasteiger partial charge in [0, 0.05) is 0 Å². The molecule has 0 aliphatic rings.